The third kappa shape index (κ3) is 5.51. The highest BCUT2D eigenvalue weighted by Crippen LogP contribution is 2.30. The maximum atomic E-state index is 12.6. The van der Waals surface area contributed by atoms with E-state index in [1.54, 1.807) is 30.0 Å². The molecule has 1 saturated heterocycles. The van der Waals surface area contributed by atoms with Crippen LogP contribution in [-0.2, 0) is 4.79 Å². The third-order valence-electron chi connectivity index (χ3n) is 6.16. The average Bonchev–Trinajstić information content (AvgIpc) is 3.41. The van der Waals surface area contributed by atoms with Crippen molar-refractivity contribution in [1.82, 2.24) is 25.3 Å². The molecule has 188 valence electrons. The van der Waals surface area contributed by atoms with Crippen molar-refractivity contribution in [1.29, 1.82) is 5.41 Å². The molecule has 4 rings (SSSR count). The Hall–Kier alpha value is -4.28. The number of pyridine rings is 1. The van der Waals surface area contributed by atoms with E-state index in [4.69, 9.17) is 14.7 Å². The Kier molecular flexibility index (Phi) is 7.57. The summed E-state index contributed by atoms with van der Waals surface area (Å²) in [7, 11) is 3.28. The van der Waals surface area contributed by atoms with Crippen LogP contribution in [0.5, 0.6) is 5.88 Å². The predicted molar refractivity (Wildman–Crippen MR) is 133 cm³/mol. The minimum Gasteiger partial charge on any atom is -0.481 e. The number of nitrogens with one attached hydrogen (secondary N) is 3. The number of benzene rings is 1. The number of aromatic nitrogens is 3. The fraction of sp³-hybridized carbons (Fsp3) is 0.360. The second-order valence-electron chi connectivity index (χ2n) is 8.49. The van der Waals surface area contributed by atoms with E-state index in [9.17, 15) is 9.59 Å². The van der Waals surface area contributed by atoms with Gasteiger partial charge < -0.3 is 30.2 Å². The van der Waals surface area contributed by atoms with Crippen LogP contribution in [0.4, 0.5) is 5.69 Å². The first-order chi connectivity index (χ1) is 17.4. The van der Waals surface area contributed by atoms with Crippen LogP contribution in [0, 0.1) is 5.41 Å². The molecular weight excluding hydrogens is 462 g/mol. The molecule has 2 amide bonds. The molecule has 0 spiro atoms. The number of methoxy groups -OCH3 is 1. The number of ether oxygens (including phenoxy) is 1. The van der Waals surface area contributed by atoms with Crippen LogP contribution in [-0.4, -0.2) is 71.3 Å². The molecule has 36 heavy (non-hydrogen) atoms. The summed E-state index contributed by atoms with van der Waals surface area (Å²) in [5, 5.41) is 17.8. The van der Waals surface area contributed by atoms with Gasteiger partial charge >= 0.3 is 0 Å². The molecule has 0 radical (unpaired) electrons. The Morgan fingerprint density at radius 3 is 2.67 bits per heavy atom. The molecule has 1 aliphatic rings. The number of carbonyl (C=O) groups is 2. The lowest BCUT2D eigenvalue weighted by molar-refractivity contribution is -0.131. The van der Waals surface area contributed by atoms with Crippen molar-refractivity contribution in [2.45, 2.75) is 25.7 Å². The summed E-state index contributed by atoms with van der Waals surface area (Å²) < 4.78 is 10.6. The molecule has 0 saturated carbocycles. The van der Waals surface area contributed by atoms with Gasteiger partial charge in [-0.3, -0.25) is 9.59 Å². The van der Waals surface area contributed by atoms with E-state index in [-0.39, 0.29) is 24.1 Å². The maximum Gasteiger partial charge on any atom is 0.270 e. The average molecular weight is 492 g/mol. The first-order valence-electron chi connectivity index (χ1n) is 11.7. The smallest absolute Gasteiger partial charge is 0.270 e. The van der Waals surface area contributed by atoms with Crippen LogP contribution >= 0.6 is 0 Å². The molecule has 0 unspecified atom stereocenters. The van der Waals surface area contributed by atoms with Crippen LogP contribution in [0.1, 0.15) is 47.6 Å². The number of rotatable bonds is 8. The largest absolute Gasteiger partial charge is 0.481 e. The Bertz CT molecular complexity index is 1260. The zero-order valence-electron chi connectivity index (χ0n) is 20.5. The highest BCUT2D eigenvalue weighted by molar-refractivity contribution is 6.02. The zero-order valence-corrected chi connectivity index (χ0v) is 20.5. The van der Waals surface area contributed by atoms with Crippen molar-refractivity contribution >= 4 is 23.2 Å². The first-order valence-corrected chi connectivity index (χ1v) is 11.7. The number of carbonyl (C=O) groups excluding carboxylic acids is 2. The van der Waals surface area contributed by atoms with Gasteiger partial charge in [-0.15, -0.1) is 0 Å². The molecule has 11 heteroatoms. The second-order valence-corrected chi connectivity index (χ2v) is 8.49. The molecule has 0 atom stereocenters. The van der Waals surface area contributed by atoms with Gasteiger partial charge in [-0.2, -0.15) is 4.98 Å². The number of amides is 2. The Morgan fingerprint density at radius 1 is 1.19 bits per heavy atom. The van der Waals surface area contributed by atoms with Crippen molar-refractivity contribution in [3.05, 3.63) is 53.5 Å². The van der Waals surface area contributed by atoms with Crippen molar-refractivity contribution in [3.63, 3.8) is 0 Å². The minimum atomic E-state index is -0.430. The summed E-state index contributed by atoms with van der Waals surface area (Å²) in [6.07, 6.45) is 1.37. The predicted octanol–water partition coefficient (Wildman–Crippen LogP) is 2.71. The topological polar surface area (TPSA) is 146 Å². The number of hydrogen-bond donors (Lipinski definition) is 3. The Morgan fingerprint density at radius 2 is 1.97 bits per heavy atom. The second kappa shape index (κ2) is 11.0. The molecule has 0 aliphatic carbocycles. The van der Waals surface area contributed by atoms with Gasteiger partial charge in [0.05, 0.1) is 13.7 Å². The third-order valence-corrected chi connectivity index (χ3v) is 6.16. The summed E-state index contributed by atoms with van der Waals surface area (Å²) in [6.45, 7) is 2.70. The molecular formula is C25H29N7O4. The van der Waals surface area contributed by atoms with Crippen LogP contribution < -0.4 is 15.4 Å². The van der Waals surface area contributed by atoms with Crippen molar-refractivity contribution in [2.24, 2.45) is 0 Å². The van der Waals surface area contributed by atoms with Crippen LogP contribution in [0.15, 0.2) is 40.9 Å². The zero-order chi connectivity index (χ0) is 25.7. The highest BCUT2D eigenvalue weighted by atomic mass is 16.5. The number of hydrogen-bond acceptors (Lipinski definition) is 9. The van der Waals surface area contributed by atoms with Gasteiger partial charge in [0.2, 0.25) is 23.5 Å². The lowest BCUT2D eigenvalue weighted by Gasteiger charge is -2.30. The molecule has 2 aromatic heterocycles. The summed E-state index contributed by atoms with van der Waals surface area (Å²) in [5.41, 5.74) is 3.11. The van der Waals surface area contributed by atoms with E-state index < -0.39 is 5.91 Å². The normalized spacial score (nSPS) is 13.8. The van der Waals surface area contributed by atoms with Crippen molar-refractivity contribution < 1.29 is 18.8 Å². The maximum absolute atomic E-state index is 12.6. The SMILES string of the molecule is CNc1cc(-c2noc(C3CCN(C(=O)CNC(=O)c4cccc(OC)n4)CC3)n2)ccc1C(C)=N. The minimum absolute atomic E-state index is 0.0535. The van der Waals surface area contributed by atoms with Gasteiger partial charge in [0.15, 0.2) is 0 Å². The van der Waals surface area contributed by atoms with E-state index >= 15 is 0 Å². The monoisotopic (exact) mass is 491 g/mol. The number of likely N-dealkylation sites (tertiary alicyclic amines) is 1. The van der Waals surface area contributed by atoms with E-state index in [1.807, 2.05) is 25.2 Å². The van der Waals surface area contributed by atoms with Crippen molar-refractivity contribution in [2.75, 3.05) is 39.1 Å². The quantitative estimate of drug-likeness (QED) is 0.408. The van der Waals surface area contributed by atoms with Gasteiger partial charge in [-0.25, -0.2) is 4.98 Å². The van der Waals surface area contributed by atoms with E-state index in [2.05, 4.69) is 25.8 Å². The summed E-state index contributed by atoms with van der Waals surface area (Å²) in [5.74, 6) is 0.840. The van der Waals surface area contributed by atoms with E-state index in [0.29, 0.717) is 49.2 Å². The number of anilines is 1. The first kappa shape index (κ1) is 24.8. The molecule has 3 aromatic rings. The molecule has 1 aliphatic heterocycles. The molecule has 11 nitrogen and oxygen atoms in total. The van der Waals surface area contributed by atoms with Crippen LogP contribution in [0.2, 0.25) is 0 Å². The molecule has 0 bridgehead atoms. The Labute approximate surface area is 208 Å². The van der Waals surface area contributed by atoms with Crippen molar-refractivity contribution in [3.8, 4) is 17.3 Å². The number of nitrogens with zero attached hydrogens (tertiary/aromatic N) is 4. The van der Waals surface area contributed by atoms with E-state index in [1.165, 1.54) is 7.11 Å². The van der Waals surface area contributed by atoms with Gasteiger partial charge in [0.1, 0.15) is 5.69 Å². The summed E-state index contributed by atoms with van der Waals surface area (Å²) in [4.78, 5) is 35.3. The fourth-order valence-electron chi connectivity index (χ4n) is 4.12. The highest BCUT2D eigenvalue weighted by Gasteiger charge is 2.28. The standard InChI is InChI=1S/C25H29N7O4/c1-15(26)18-8-7-17(13-20(18)27-2)23-30-25(36-31-23)16-9-11-32(12-10-16)22(33)14-28-24(34)19-5-4-6-21(29-19)35-3/h4-8,13,16,26-27H,9-12,14H2,1-3H3,(H,28,34). The van der Waals surface area contributed by atoms with Gasteiger partial charge in [0, 0.05) is 54.6 Å². The summed E-state index contributed by atoms with van der Waals surface area (Å²) >= 11 is 0. The molecule has 3 heterocycles. The summed E-state index contributed by atoms with van der Waals surface area (Å²) in [6, 6.07) is 10.5. The van der Waals surface area contributed by atoms with Crippen LogP contribution in [0.3, 0.4) is 0 Å². The van der Waals surface area contributed by atoms with Gasteiger partial charge in [-0.1, -0.05) is 23.4 Å². The van der Waals surface area contributed by atoms with Gasteiger partial charge in [0.25, 0.3) is 5.91 Å². The van der Waals surface area contributed by atoms with Crippen LogP contribution in [0.25, 0.3) is 11.4 Å². The Balaban J connectivity index is 1.31. The number of piperidine rings is 1. The van der Waals surface area contributed by atoms with E-state index in [0.717, 1.165) is 16.8 Å². The lowest BCUT2D eigenvalue weighted by atomic mass is 9.96. The fourth-order valence-corrected chi connectivity index (χ4v) is 4.12. The molecule has 1 aromatic carbocycles. The molecule has 3 N–H and O–H groups in total. The van der Waals surface area contributed by atoms with Gasteiger partial charge in [-0.05, 0) is 31.9 Å². The molecule has 1 fully saturated rings. The lowest BCUT2D eigenvalue weighted by Crippen LogP contribution is -2.43.